The zero-order chi connectivity index (χ0) is 19.9. The molecule has 1 atom stereocenters. The lowest BCUT2D eigenvalue weighted by molar-refractivity contribution is -0.274. The third kappa shape index (κ3) is 3.40. The summed E-state index contributed by atoms with van der Waals surface area (Å²) in [7, 11) is 0. The van der Waals surface area contributed by atoms with Crippen LogP contribution in [0.4, 0.5) is 13.2 Å². The molecule has 3 aromatic rings. The Bertz CT molecular complexity index is 1060. The quantitative estimate of drug-likeness (QED) is 0.687. The standard InChI is InChI=1S/C20H13F3N2O3/c21-20(22,23)28-13-7-5-11(6-8-13)17-10-12(24-25-17)9-16-14-3-1-2-4-15(14)18(26)19(16)27/h1-8,10,16H,9H2,(H,24,25). The van der Waals surface area contributed by atoms with E-state index in [4.69, 9.17) is 0 Å². The van der Waals surface area contributed by atoms with Crippen LogP contribution in [0, 0.1) is 0 Å². The molecule has 5 nitrogen and oxygen atoms in total. The van der Waals surface area contributed by atoms with E-state index in [9.17, 15) is 22.8 Å². The Morgan fingerprint density at radius 2 is 1.75 bits per heavy atom. The van der Waals surface area contributed by atoms with Gasteiger partial charge in [0.25, 0.3) is 0 Å². The van der Waals surface area contributed by atoms with Crippen LogP contribution in [0.15, 0.2) is 54.6 Å². The van der Waals surface area contributed by atoms with Gasteiger partial charge in [-0.1, -0.05) is 24.3 Å². The summed E-state index contributed by atoms with van der Waals surface area (Å²) in [5, 5.41) is 6.97. The van der Waals surface area contributed by atoms with Gasteiger partial charge in [-0.05, 0) is 35.9 Å². The number of nitrogens with zero attached hydrogens (tertiary/aromatic N) is 1. The normalized spacial score (nSPS) is 16.3. The molecule has 0 amide bonds. The smallest absolute Gasteiger partial charge is 0.406 e. The number of H-pyrrole nitrogens is 1. The first-order chi connectivity index (χ1) is 13.3. The minimum atomic E-state index is -4.75. The molecule has 4 rings (SSSR count). The molecule has 1 aliphatic carbocycles. The monoisotopic (exact) mass is 386 g/mol. The van der Waals surface area contributed by atoms with Gasteiger partial charge in [0.2, 0.25) is 11.6 Å². The maximum atomic E-state index is 12.3. The van der Waals surface area contributed by atoms with Gasteiger partial charge in [0.05, 0.1) is 11.6 Å². The number of carbonyl (C=O) groups is 2. The van der Waals surface area contributed by atoms with E-state index in [-0.39, 0.29) is 12.2 Å². The minimum absolute atomic E-state index is 0.282. The molecule has 2 aromatic carbocycles. The summed E-state index contributed by atoms with van der Waals surface area (Å²) in [5.41, 5.74) is 2.87. The summed E-state index contributed by atoms with van der Waals surface area (Å²) in [6, 6.07) is 13.9. The summed E-state index contributed by atoms with van der Waals surface area (Å²) >= 11 is 0. The highest BCUT2D eigenvalue weighted by molar-refractivity contribution is 6.48. The van der Waals surface area contributed by atoms with Crippen LogP contribution in [0.2, 0.25) is 0 Å². The highest BCUT2D eigenvalue weighted by atomic mass is 19.4. The van der Waals surface area contributed by atoms with E-state index >= 15 is 0 Å². The van der Waals surface area contributed by atoms with Crippen molar-refractivity contribution in [2.75, 3.05) is 0 Å². The van der Waals surface area contributed by atoms with Crippen molar-refractivity contribution in [3.05, 3.63) is 71.4 Å². The van der Waals surface area contributed by atoms with Crippen LogP contribution in [0.3, 0.4) is 0 Å². The van der Waals surface area contributed by atoms with Crippen molar-refractivity contribution in [2.45, 2.75) is 18.7 Å². The van der Waals surface area contributed by atoms with Crippen LogP contribution in [-0.2, 0) is 11.2 Å². The molecule has 142 valence electrons. The number of aromatic amines is 1. The molecule has 1 heterocycles. The number of hydrogen-bond donors (Lipinski definition) is 1. The molecule has 0 radical (unpaired) electrons. The van der Waals surface area contributed by atoms with Crippen LogP contribution >= 0.6 is 0 Å². The number of alkyl halides is 3. The molecule has 8 heteroatoms. The fourth-order valence-electron chi connectivity index (χ4n) is 3.30. The van der Waals surface area contributed by atoms with E-state index in [1.165, 1.54) is 24.3 Å². The largest absolute Gasteiger partial charge is 0.573 e. The summed E-state index contributed by atoms with van der Waals surface area (Å²) < 4.78 is 40.6. The second-order valence-electron chi connectivity index (χ2n) is 6.39. The number of aromatic nitrogens is 2. The maximum absolute atomic E-state index is 12.3. The van der Waals surface area contributed by atoms with Crippen LogP contribution in [0.1, 0.15) is 27.5 Å². The Labute approximate surface area is 157 Å². The fraction of sp³-hybridized carbons (Fsp3) is 0.150. The molecule has 0 fully saturated rings. The van der Waals surface area contributed by atoms with Gasteiger partial charge in [0.15, 0.2) is 0 Å². The van der Waals surface area contributed by atoms with Gasteiger partial charge in [-0.2, -0.15) is 5.10 Å². The fourth-order valence-corrected chi connectivity index (χ4v) is 3.30. The van der Waals surface area contributed by atoms with Crippen LogP contribution in [0.5, 0.6) is 5.75 Å². The number of hydrogen-bond acceptors (Lipinski definition) is 4. The second-order valence-corrected chi connectivity index (χ2v) is 6.39. The topological polar surface area (TPSA) is 72.1 Å². The Morgan fingerprint density at radius 3 is 2.46 bits per heavy atom. The van der Waals surface area contributed by atoms with E-state index in [2.05, 4.69) is 14.9 Å². The van der Waals surface area contributed by atoms with Crippen molar-refractivity contribution >= 4 is 11.6 Å². The summed E-state index contributed by atoms with van der Waals surface area (Å²) in [6.45, 7) is 0. The van der Waals surface area contributed by atoms with Crippen LogP contribution in [0.25, 0.3) is 11.3 Å². The molecule has 1 N–H and O–H groups in total. The van der Waals surface area contributed by atoms with Crippen molar-refractivity contribution in [1.29, 1.82) is 0 Å². The molecule has 28 heavy (non-hydrogen) atoms. The number of ketones is 2. The van der Waals surface area contributed by atoms with Gasteiger partial charge in [-0.15, -0.1) is 13.2 Å². The third-order valence-electron chi connectivity index (χ3n) is 4.56. The zero-order valence-electron chi connectivity index (χ0n) is 14.3. The van der Waals surface area contributed by atoms with Gasteiger partial charge in [-0.3, -0.25) is 14.7 Å². The Morgan fingerprint density at radius 1 is 1.04 bits per heavy atom. The number of nitrogens with one attached hydrogen (secondary N) is 1. The zero-order valence-corrected chi connectivity index (χ0v) is 14.3. The van der Waals surface area contributed by atoms with E-state index < -0.39 is 23.8 Å². The molecular weight excluding hydrogens is 373 g/mol. The molecule has 0 spiro atoms. The molecule has 1 aliphatic rings. The van der Waals surface area contributed by atoms with Gasteiger partial charge >= 0.3 is 6.36 Å². The lowest BCUT2D eigenvalue weighted by Gasteiger charge is -2.08. The number of benzene rings is 2. The average Bonchev–Trinajstić information content (AvgIpc) is 3.21. The van der Waals surface area contributed by atoms with Crippen molar-refractivity contribution in [3.8, 4) is 17.0 Å². The van der Waals surface area contributed by atoms with Gasteiger partial charge in [0, 0.05) is 23.2 Å². The van der Waals surface area contributed by atoms with Gasteiger partial charge in [-0.25, -0.2) is 0 Å². The number of halogens is 3. The maximum Gasteiger partial charge on any atom is 0.573 e. The molecule has 1 aromatic heterocycles. The lowest BCUT2D eigenvalue weighted by Crippen LogP contribution is -2.16. The molecule has 0 saturated carbocycles. The predicted octanol–water partition coefficient (Wildman–Crippen LogP) is 4.07. The summed E-state index contributed by atoms with van der Waals surface area (Å²) in [5.74, 6) is -1.83. The van der Waals surface area contributed by atoms with Crippen molar-refractivity contribution in [2.24, 2.45) is 0 Å². The Balaban J connectivity index is 1.53. The first-order valence-corrected chi connectivity index (χ1v) is 8.40. The van der Waals surface area contributed by atoms with Crippen molar-refractivity contribution in [1.82, 2.24) is 10.2 Å². The molecule has 0 bridgehead atoms. The number of carbonyl (C=O) groups excluding carboxylic acids is 2. The number of rotatable bonds is 4. The number of ether oxygens (including phenoxy) is 1. The average molecular weight is 386 g/mol. The van der Waals surface area contributed by atoms with E-state index in [1.54, 1.807) is 30.3 Å². The minimum Gasteiger partial charge on any atom is -0.406 e. The highest BCUT2D eigenvalue weighted by Crippen LogP contribution is 2.33. The van der Waals surface area contributed by atoms with Crippen molar-refractivity contribution < 1.29 is 27.5 Å². The van der Waals surface area contributed by atoms with Crippen LogP contribution < -0.4 is 4.74 Å². The van der Waals surface area contributed by atoms with Gasteiger partial charge < -0.3 is 4.74 Å². The highest BCUT2D eigenvalue weighted by Gasteiger charge is 2.38. The lowest BCUT2D eigenvalue weighted by atomic mass is 9.95. The molecule has 0 saturated heterocycles. The third-order valence-corrected chi connectivity index (χ3v) is 4.56. The predicted molar refractivity (Wildman–Crippen MR) is 92.9 cm³/mol. The summed E-state index contributed by atoms with van der Waals surface area (Å²) in [4.78, 5) is 24.4. The van der Waals surface area contributed by atoms with Crippen LogP contribution in [-0.4, -0.2) is 28.1 Å². The Hall–Kier alpha value is -3.42. The number of fused-ring (bicyclic) bond motifs is 1. The first kappa shape index (κ1) is 18.0. The first-order valence-electron chi connectivity index (χ1n) is 8.40. The van der Waals surface area contributed by atoms with Gasteiger partial charge in [0.1, 0.15) is 5.75 Å². The van der Waals surface area contributed by atoms with E-state index in [0.29, 0.717) is 28.1 Å². The SMILES string of the molecule is O=C1C(=O)C(Cc2cc(-c3ccc(OC(F)(F)F)cc3)n[nH]2)c2ccccc21. The van der Waals surface area contributed by atoms with E-state index in [1.807, 2.05) is 0 Å². The molecule has 0 aliphatic heterocycles. The molecular formula is C20H13F3N2O3. The van der Waals surface area contributed by atoms with Crippen molar-refractivity contribution in [3.63, 3.8) is 0 Å². The summed E-state index contributed by atoms with van der Waals surface area (Å²) in [6.07, 6.45) is -4.47. The van der Waals surface area contributed by atoms with E-state index in [0.717, 1.165) is 0 Å². The number of Topliss-reactive ketones (excluding diaryl/α,β-unsaturated/α-hetero) is 2. The molecule has 1 unspecified atom stereocenters. The Kier molecular flexibility index (Phi) is 4.26. The second kappa shape index (κ2) is 6.63.